The van der Waals surface area contributed by atoms with Crippen molar-refractivity contribution in [1.82, 2.24) is 4.98 Å². The molecule has 2 rings (SSSR count). The van der Waals surface area contributed by atoms with Crippen LogP contribution in [-0.2, 0) is 9.59 Å². The van der Waals surface area contributed by atoms with Crippen LogP contribution in [0.2, 0.25) is 0 Å². The first-order chi connectivity index (χ1) is 8.06. The highest BCUT2D eigenvalue weighted by molar-refractivity contribution is 8.13. The molecule has 1 amide bonds. The van der Waals surface area contributed by atoms with Gasteiger partial charge < -0.3 is 0 Å². The van der Waals surface area contributed by atoms with E-state index in [-0.39, 0.29) is 16.9 Å². The molecule has 0 N–H and O–H groups in total. The Kier molecular flexibility index (Phi) is 3.83. The number of amides is 1. The van der Waals surface area contributed by atoms with Gasteiger partial charge in [0.25, 0.3) is 0 Å². The summed E-state index contributed by atoms with van der Waals surface area (Å²) < 4.78 is 0. The summed E-state index contributed by atoms with van der Waals surface area (Å²) in [6, 6.07) is 0. The van der Waals surface area contributed by atoms with Gasteiger partial charge in [-0.3, -0.25) is 14.5 Å². The molecule has 2 heterocycles. The summed E-state index contributed by atoms with van der Waals surface area (Å²) in [6.45, 7) is 4.17. The Bertz CT molecular complexity index is 444. The fourth-order valence-corrected chi connectivity index (χ4v) is 3.30. The second kappa shape index (κ2) is 5.18. The zero-order valence-electron chi connectivity index (χ0n) is 9.80. The van der Waals surface area contributed by atoms with Crippen LogP contribution in [0.15, 0.2) is 5.38 Å². The minimum Gasteiger partial charge on any atom is -0.288 e. The van der Waals surface area contributed by atoms with Crippen LogP contribution in [-0.4, -0.2) is 28.3 Å². The maximum Gasteiger partial charge on any atom is 0.229 e. The van der Waals surface area contributed by atoms with Crippen LogP contribution < -0.4 is 4.90 Å². The quantitative estimate of drug-likeness (QED) is 0.844. The number of aromatic nitrogens is 1. The van der Waals surface area contributed by atoms with Crippen molar-refractivity contribution in [1.29, 1.82) is 0 Å². The van der Waals surface area contributed by atoms with Crippen LogP contribution in [0.25, 0.3) is 0 Å². The van der Waals surface area contributed by atoms with Crippen LogP contribution >= 0.6 is 23.1 Å². The highest BCUT2D eigenvalue weighted by atomic mass is 32.2. The molecule has 1 aromatic rings. The van der Waals surface area contributed by atoms with E-state index in [2.05, 4.69) is 4.98 Å². The van der Waals surface area contributed by atoms with Crippen molar-refractivity contribution >= 4 is 39.3 Å². The second-order valence-electron chi connectivity index (χ2n) is 4.15. The molecular formula is C11H14N2O2S2. The van der Waals surface area contributed by atoms with Crippen LogP contribution in [0, 0.1) is 12.8 Å². The normalized spacial score (nSPS) is 20.0. The number of thiazole rings is 1. The standard InChI is InChI=1S/C11H14N2O2S2/c1-7-5-17-11(12-7)13-4-9(3-10(13)15)6-16-8(2)14/h5,9H,3-4,6H2,1-2H3. The molecule has 4 nitrogen and oxygen atoms in total. The Hall–Kier alpha value is -0.880. The van der Waals surface area contributed by atoms with Gasteiger partial charge in [0.05, 0.1) is 5.69 Å². The van der Waals surface area contributed by atoms with Gasteiger partial charge in [-0.05, 0) is 12.8 Å². The lowest BCUT2D eigenvalue weighted by atomic mass is 10.1. The van der Waals surface area contributed by atoms with Crippen molar-refractivity contribution in [3.8, 4) is 0 Å². The van der Waals surface area contributed by atoms with Gasteiger partial charge in [0, 0.05) is 31.0 Å². The molecule has 1 saturated heterocycles. The first-order valence-corrected chi connectivity index (χ1v) is 7.28. The summed E-state index contributed by atoms with van der Waals surface area (Å²) in [4.78, 5) is 28.8. The van der Waals surface area contributed by atoms with Crippen molar-refractivity contribution in [2.45, 2.75) is 20.3 Å². The molecule has 1 aliphatic rings. The predicted molar refractivity (Wildman–Crippen MR) is 70.5 cm³/mol. The summed E-state index contributed by atoms with van der Waals surface area (Å²) >= 11 is 2.80. The number of thioether (sulfide) groups is 1. The summed E-state index contributed by atoms with van der Waals surface area (Å²) in [5, 5.41) is 2.84. The molecular weight excluding hydrogens is 256 g/mol. The average Bonchev–Trinajstić information content (AvgIpc) is 2.82. The minimum absolute atomic E-state index is 0.112. The monoisotopic (exact) mass is 270 g/mol. The number of rotatable bonds is 3. The van der Waals surface area contributed by atoms with Crippen LogP contribution in [0.3, 0.4) is 0 Å². The number of carbonyl (C=O) groups is 2. The fraction of sp³-hybridized carbons (Fsp3) is 0.545. The number of nitrogens with zero attached hydrogens (tertiary/aromatic N) is 2. The molecule has 0 aliphatic carbocycles. The topological polar surface area (TPSA) is 50.3 Å². The third-order valence-corrected chi connectivity index (χ3v) is 4.59. The Morgan fingerprint density at radius 3 is 3.06 bits per heavy atom. The van der Waals surface area contributed by atoms with Crippen molar-refractivity contribution < 1.29 is 9.59 Å². The van der Waals surface area contributed by atoms with Gasteiger partial charge in [-0.25, -0.2) is 4.98 Å². The molecule has 17 heavy (non-hydrogen) atoms. The molecule has 1 unspecified atom stereocenters. The molecule has 1 fully saturated rings. The summed E-state index contributed by atoms with van der Waals surface area (Å²) in [7, 11) is 0. The fourth-order valence-electron chi connectivity index (χ4n) is 1.78. The lowest BCUT2D eigenvalue weighted by molar-refractivity contribution is -0.117. The van der Waals surface area contributed by atoms with E-state index in [1.165, 1.54) is 23.1 Å². The molecule has 92 valence electrons. The maximum absolute atomic E-state index is 11.8. The van der Waals surface area contributed by atoms with E-state index in [0.29, 0.717) is 13.0 Å². The summed E-state index contributed by atoms with van der Waals surface area (Å²) in [6.07, 6.45) is 0.527. The molecule has 1 atom stereocenters. The van der Waals surface area contributed by atoms with Gasteiger partial charge in [-0.2, -0.15) is 0 Å². The third-order valence-electron chi connectivity index (χ3n) is 2.57. The molecule has 0 bridgehead atoms. The molecule has 0 saturated carbocycles. The van der Waals surface area contributed by atoms with Gasteiger partial charge in [0.1, 0.15) is 0 Å². The first kappa shape index (κ1) is 12.6. The largest absolute Gasteiger partial charge is 0.288 e. The maximum atomic E-state index is 11.8. The molecule has 0 radical (unpaired) electrons. The molecule has 6 heteroatoms. The van der Waals surface area contributed by atoms with Crippen molar-refractivity contribution in [3.05, 3.63) is 11.1 Å². The van der Waals surface area contributed by atoms with Crippen molar-refractivity contribution in [3.63, 3.8) is 0 Å². The summed E-state index contributed by atoms with van der Waals surface area (Å²) in [5.74, 6) is 1.11. The van der Waals surface area contributed by atoms with Gasteiger partial charge in [-0.1, -0.05) is 11.8 Å². The van der Waals surface area contributed by atoms with E-state index < -0.39 is 0 Å². The zero-order chi connectivity index (χ0) is 12.4. The SMILES string of the molecule is CC(=O)SCC1CC(=O)N(c2nc(C)cs2)C1. The van der Waals surface area contributed by atoms with E-state index in [9.17, 15) is 9.59 Å². The van der Waals surface area contributed by atoms with E-state index in [0.717, 1.165) is 16.6 Å². The Morgan fingerprint density at radius 1 is 1.71 bits per heavy atom. The van der Waals surface area contributed by atoms with Crippen LogP contribution in [0.5, 0.6) is 0 Å². The van der Waals surface area contributed by atoms with Crippen molar-refractivity contribution in [2.75, 3.05) is 17.2 Å². The van der Waals surface area contributed by atoms with Crippen molar-refractivity contribution in [2.24, 2.45) is 5.92 Å². The third kappa shape index (κ3) is 3.07. The second-order valence-corrected chi connectivity index (χ2v) is 6.18. The van der Waals surface area contributed by atoms with Gasteiger partial charge in [-0.15, -0.1) is 11.3 Å². The number of aryl methyl sites for hydroxylation is 1. The van der Waals surface area contributed by atoms with Crippen LogP contribution in [0.4, 0.5) is 5.13 Å². The lowest BCUT2D eigenvalue weighted by Crippen LogP contribution is -2.24. The van der Waals surface area contributed by atoms with Gasteiger partial charge in [0.2, 0.25) is 5.91 Å². The van der Waals surface area contributed by atoms with E-state index in [1.807, 2.05) is 12.3 Å². The van der Waals surface area contributed by atoms with Gasteiger partial charge in [0.15, 0.2) is 10.2 Å². The molecule has 0 aromatic carbocycles. The van der Waals surface area contributed by atoms with E-state index in [1.54, 1.807) is 11.8 Å². The minimum atomic E-state index is 0.112. The molecule has 1 aromatic heterocycles. The Labute approximate surface area is 108 Å². The van der Waals surface area contributed by atoms with Gasteiger partial charge >= 0.3 is 0 Å². The lowest BCUT2D eigenvalue weighted by Gasteiger charge is -2.12. The zero-order valence-corrected chi connectivity index (χ0v) is 11.4. The van der Waals surface area contributed by atoms with E-state index in [4.69, 9.17) is 0 Å². The summed E-state index contributed by atoms with van der Waals surface area (Å²) in [5.41, 5.74) is 0.944. The van der Waals surface area contributed by atoms with Crippen LogP contribution in [0.1, 0.15) is 19.0 Å². The molecule has 0 spiro atoms. The first-order valence-electron chi connectivity index (χ1n) is 5.42. The number of hydrogen-bond acceptors (Lipinski definition) is 5. The van der Waals surface area contributed by atoms with E-state index >= 15 is 0 Å². The number of anilines is 1. The molecule has 1 aliphatic heterocycles. The highest BCUT2D eigenvalue weighted by Gasteiger charge is 2.32. The Balaban J connectivity index is 1.98. The predicted octanol–water partition coefficient (Wildman–Crippen LogP) is 2.08. The Morgan fingerprint density at radius 2 is 2.47 bits per heavy atom. The number of carbonyl (C=O) groups excluding carboxylic acids is 2. The average molecular weight is 270 g/mol. The number of hydrogen-bond donors (Lipinski definition) is 0. The highest BCUT2D eigenvalue weighted by Crippen LogP contribution is 2.29. The smallest absolute Gasteiger partial charge is 0.229 e.